The van der Waals surface area contributed by atoms with Gasteiger partial charge in [-0.05, 0) is 106 Å². The first-order valence-electron chi connectivity index (χ1n) is 12.5. The molecule has 0 aliphatic heterocycles. The number of Topliss-reactive ketones (excluding diaryl/α,β-unsaturated/α-hetero) is 1. The van der Waals surface area contributed by atoms with E-state index in [1.165, 1.54) is 6.42 Å². The van der Waals surface area contributed by atoms with Gasteiger partial charge in [-0.25, -0.2) is 0 Å². The Hall–Kier alpha value is -2.73. The van der Waals surface area contributed by atoms with E-state index in [4.69, 9.17) is 4.74 Å². The summed E-state index contributed by atoms with van der Waals surface area (Å²) in [5.74, 6) is 2.09. The van der Waals surface area contributed by atoms with E-state index < -0.39 is 0 Å². The molecule has 4 fully saturated rings. The number of aromatic nitrogens is 1. The van der Waals surface area contributed by atoms with Crippen LogP contribution < -0.4 is 10.1 Å². The van der Waals surface area contributed by atoms with E-state index in [0.29, 0.717) is 30.6 Å². The first-order valence-corrected chi connectivity index (χ1v) is 12.5. The number of ether oxygens (including phenoxy) is 1. The minimum absolute atomic E-state index is 0.0144. The molecule has 1 amide bonds. The smallest absolute Gasteiger partial charge is 0.270 e. The Bertz CT molecular complexity index is 1020. The molecule has 2 unspecified atom stereocenters. The fraction of sp³-hybridized carbons (Fsp3) is 0.536. The minimum atomic E-state index is -0.205. The molecular weight excluding hydrogens is 426 g/mol. The van der Waals surface area contributed by atoms with Crippen LogP contribution in [0.4, 0.5) is 0 Å². The van der Waals surface area contributed by atoms with Crippen molar-refractivity contribution in [3.05, 3.63) is 59.9 Å². The second-order valence-corrected chi connectivity index (χ2v) is 11.2. The molecule has 2 aromatic rings. The number of benzene rings is 1. The van der Waals surface area contributed by atoms with Crippen molar-refractivity contribution in [1.82, 2.24) is 15.2 Å². The van der Waals surface area contributed by atoms with Gasteiger partial charge in [0, 0.05) is 30.3 Å². The van der Waals surface area contributed by atoms with Crippen LogP contribution >= 0.6 is 0 Å². The van der Waals surface area contributed by atoms with Gasteiger partial charge < -0.3 is 15.0 Å². The molecule has 4 saturated carbocycles. The molecule has 4 aliphatic rings. The van der Waals surface area contributed by atoms with E-state index in [1.807, 2.05) is 50.5 Å². The average molecular weight is 462 g/mol. The zero-order chi connectivity index (χ0) is 23.8. The molecule has 6 rings (SSSR count). The Labute approximate surface area is 202 Å². The number of ketones is 1. The minimum Gasteiger partial charge on any atom is -0.492 e. The Balaban J connectivity index is 1.26. The number of nitrogens with zero attached hydrogens (tertiary/aromatic N) is 2. The van der Waals surface area contributed by atoms with Gasteiger partial charge in [0.25, 0.3) is 5.91 Å². The van der Waals surface area contributed by atoms with Crippen LogP contribution in [0.1, 0.15) is 65.8 Å². The summed E-state index contributed by atoms with van der Waals surface area (Å²) in [5.41, 5.74) is 1.00. The van der Waals surface area contributed by atoms with E-state index in [0.717, 1.165) is 50.0 Å². The Morgan fingerprint density at radius 3 is 2.44 bits per heavy atom. The molecule has 2 atom stereocenters. The summed E-state index contributed by atoms with van der Waals surface area (Å²) < 4.78 is 5.77. The lowest BCUT2D eigenvalue weighted by atomic mass is 9.46. The van der Waals surface area contributed by atoms with Gasteiger partial charge >= 0.3 is 0 Å². The maximum absolute atomic E-state index is 13.3. The topological polar surface area (TPSA) is 71.5 Å². The van der Waals surface area contributed by atoms with Crippen LogP contribution in [0.15, 0.2) is 48.7 Å². The van der Waals surface area contributed by atoms with Crippen molar-refractivity contribution in [3.8, 4) is 5.75 Å². The number of hydrogen-bond donors (Lipinski definition) is 1. The largest absolute Gasteiger partial charge is 0.492 e. The fourth-order valence-corrected chi connectivity index (χ4v) is 7.13. The van der Waals surface area contributed by atoms with Crippen molar-refractivity contribution >= 4 is 11.7 Å². The summed E-state index contributed by atoms with van der Waals surface area (Å²) in [5, 5.41) is 3.38. The van der Waals surface area contributed by atoms with Crippen LogP contribution in [0.25, 0.3) is 0 Å². The van der Waals surface area contributed by atoms with Crippen molar-refractivity contribution in [1.29, 1.82) is 0 Å². The predicted molar refractivity (Wildman–Crippen MR) is 131 cm³/mol. The summed E-state index contributed by atoms with van der Waals surface area (Å²) in [7, 11) is 4.04. The van der Waals surface area contributed by atoms with Gasteiger partial charge in [0.05, 0.1) is 0 Å². The third kappa shape index (κ3) is 4.88. The van der Waals surface area contributed by atoms with Gasteiger partial charge in [-0.3, -0.25) is 14.6 Å². The quantitative estimate of drug-likeness (QED) is 0.562. The molecule has 1 N–H and O–H groups in total. The van der Waals surface area contributed by atoms with Gasteiger partial charge in [0.15, 0.2) is 5.78 Å². The summed E-state index contributed by atoms with van der Waals surface area (Å²) in [6.45, 7) is 1.47. The summed E-state index contributed by atoms with van der Waals surface area (Å²) in [6, 6.07) is 13.0. The van der Waals surface area contributed by atoms with Crippen molar-refractivity contribution < 1.29 is 14.3 Å². The van der Waals surface area contributed by atoms with Gasteiger partial charge in [-0.1, -0.05) is 6.07 Å². The zero-order valence-corrected chi connectivity index (χ0v) is 20.3. The highest BCUT2D eigenvalue weighted by Crippen LogP contribution is 2.63. The summed E-state index contributed by atoms with van der Waals surface area (Å²) >= 11 is 0. The van der Waals surface area contributed by atoms with Crippen LogP contribution in [0.5, 0.6) is 5.75 Å². The lowest BCUT2D eigenvalue weighted by Gasteiger charge is -2.62. The molecule has 6 heteroatoms. The number of likely N-dealkylation sites (N-methyl/N-ethyl adjacent to an activating group) is 1. The van der Waals surface area contributed by atoms with E-state index in [2.05, 4.69) is 15.2 Å². The summed E-state index contributed by atoms with van der Waals surface area (Å²) in [4.78, 5) is 32.6. The molecule has 0 spiro atoms. The third-order valence-electron chi connectivity index (χ3n) is 7.98. The molecule has 180 valence electrons. The van der Waals surface area contributed by atoms with Crippen molar-refractivity contribution in [3.63, 3.8) is 0 Å². The average Bonchev–Trinajstić information content (AvgIpc) is 2.78. The number of carbonyl (C=O) groups is 2. The Morgan fingerprint density at radius 1 is 1.06 bits per heavy atom. The highest BCUT2D eigenvalue weighted by Gasteiger charge is 2.58. The molecule has 1 aromatic heterocycles. The lowest BCUT2D eigenvalue weighted by molar-refractivity contribution is -0.0771. The number of hydrogen-bond acceptors (Lipinski definition) is 5. The van der Waals surface area contributed by atoms with E-state index in [-0.39, 0.29) is 22.6 Å². The highest BCUT2D eigenvalue weighted by molar-refractivity contribution is 5.96. The van der Waals surface area contributed by atoms with Crippen LogP contribution in [0.2, 0.25) is 0 Å². The van der Waals surface area contributed by atoms with Crippen LogP contribution in [-0.4, -0.2) is 54.4 Å². The maximum atomic E-state index is 13.3. The fourth-order valence-electron chi connectivity index (χ4n) is 7.13. The number of rotatable bonds is 9. The first-order chi connectivity index (χ1) is 16.3. The zero-order valence-electron chi connectivity index (χ0n) is 20.3. The van der Waals surface area contributed by atoms with Gasteiger partial charge in [-0.15, -0.1) is 0 Å². The number of amides is 1. The third-order valence-corrected chi connectivity index (χ3v) is 7.98. The van der Waals surface area contributed by atoms with E-state index in [9.17, 15) is 9.59 Å². The summed E-state index contributed by atoms with van der Waals surface area (Å²) in [6.07, 6.45) is 8.59. The maximum Gasteiger partial charge on any atom is 0.270 e. The molecule has 1 heterocycles. The second-order valence-electron chi connectivity index (χ2n) is 11.2. The molecule has 6 nitrogen and oxygen atoms in total. The Morgan fingerprint density at radius 2 is 1.79 bits per heavy atom. The number of carbonyl (C=O) groups excluding carboxylic acids is 2. The normalized spacial score (nSPS) is 29.3. The second kappa shape index (κ2) is 9.14. The van der Waals surface area contributed by atoms with Crippen LogP contribution in [0, 0.1) is 17.3 Å². The van der Waals surface area contributed by atoms with Gasteiger partial charge in [0.2, 0.25) is 0 Å². The number of nitrogens with one attached hydrogen (secondary N) is 1. The highest BCUT2D eigenvalue weighted by atomic mass is 16.5. The van der Waals surface area contributed by atoms with Crippen molar-refractivity contribution in [2.45, 2.75) is 50.5 Å². The van der Waals surface area contributed by atoms with Gasteiger partial charge in [0.1, 0.15) is 18.1 Å². The molecule has 1 aromatic carbocycles. The standard InChI is InChI=1S/C28H35N3O3/c1-31(2)11-12-34-23-8-6-22(7-9-23)25(32)18-27-14-20-13-21(15-27)17-28(16-20,19-27)30-26(33)24-5-3-4-10-29-24/h3-10,20-21H,11-19H2,1-2H3,(H,30,33). The Kier molecular flexibility index (Phi) is 6.19. The van der Waals surface area contributed by atoms with E-state index in [1.54, 1.807) is 12.3 Å². The molecule has 0 radical (unpaired) electrons. The molecule has 0 saturated heterocycles. The number of pyridine rings is 1. The van der Waals surface area contributed by atoms with Crippen molar-refractivity contribution in [2.24, 2.45) is 17.3 Å². The van der Waals surface area contributed by atoms with Crippen molar-refractivity contribution in [2.75, 3.05) is 27.2 Å². The van der Waals surface area contributed by atoms with Crippen LogP contribution in [0.3, 0.4) is 0 Å². The molecule has 34 heavy (non-hydrogen) atoms. The predicted octanol–water partition coefficient (Wildman–Crippen LogP) is 4.36. The van der Waals surface area contributed by atoms with Gasteiger partial charge in [-0.2, -0.15) is 0 Å². The van der Waals surface area contributed by atoms with E-state index >= 15 is 0 Å². The van der Waals surface area contributed by atoms with Crippen LogP contribution in [-0.2, 0) is 0 Å². The first kappa shape index (κ1) is 23.0. The SMILES string of the molecule is CN(C)CCOc1ccc(C(=O)CC23CC4CC(C2)CC(NC(=O)c2ccccn2)(C4)C3)cc1. The molecule has 4 bridgehead atoms. The lowest BCUT2D eigenvalue weighted by Crippen LogP contribution is -2.63. The molecule has 4 aliphatic carbocycles. The monoisotopic (exact) mass is 461 g/mol. The molecular formula is C28H35N3O3.